The Kier molecular flexibility index (Phi) is 8.71. The minimum atomic E-state index is -0.408. The second-order valence-electron chi connectivity index (χ2n) is 6.59. The Morgan fingerprint density at radius 2 is 1.84 bits per heavy atom. The average molecular weight is 495 g/mol. The summed E-state index contributed by atoms with van der Waals surface area (Å²) in [4.78, 5) is 24.5. The van der Waals surface area contributed by atoms with Crippen molar-refractivity contribution in [2.45, 2.75) is 30.5 Å². The minimum Gasteiger partial charge on any atom is -0.325 e. The fourth-order valence-electron chi connectivity index (χ4n) is 2.62. The van der Waals surface area contributed by atoms with Gasteiger partial charge >= 0.3 is 0 Å². The Morgan fingerprint density at radius 1 is 1.06 bits per heavy atom. The lowest BCUT2D eigenvalue weighted by molar-refractivity contribution is -0.113. The Balaban J connectivity index is 1.48. The van der Waals surface area contributed by atoms with Crippen molar-refractivity contribution in [3.63, 3.8) is 0 Å². The number of anilines is 2. The van der Waals surface area contributed by atoms with Crippen LogP contribution < -0.4 is 10.6 Å². The molecule has 0 bridgehead atoms. The molecule has 2 aromatic carbocycles. The molecule has 3 rings (SSSR count). The van der Waals surface area contributed by atoms with Gasteiger partial charge in [-0.25, -0.2) is 0 Å². The van der Waals surface area contributed by atoms with Crippen LogP contribution in [0.25, 0.3) is 0 Å². The third kappa shape index (κ3) is 7.21. The molecule has 0 fully saturated rings. The van der Waals surface area contributed by atoms with Gasteiger partial charge < -0.3 is 5.32 Å². The van der Waals surface area contributed by atoms with Gasteiger partial charge in [0, 0.05) is 10.7 Å². The van der Waals surface area contributed by atoms with E-state index in [1.54, 1.807) is 6.07 Å². The summed E-state index contributed by atoms with van der Waals surface area (Å²) in [6, 6.07) is 12.5. The lowest BCUT2D eigenvalue weighted by Crippen LogP contribution is -2.13. The van der Waals surface area contributed by atoms with Crippen molar-refractivity contribution in [3.8, 4) is 0 Å². The minimum absolute atomic E-state index is 0.139. The molecule has 3 aromatic rings. The first-order chi connectivity index (χ1) is 14.9. The molecule has 31 heavy (non-hydrogen) atoms. The van der Waals surface area contributed by atoms with E-state index >= 15 is 0 Å². The van der Waals surface area contributed by atoms with E-state index < -0.39 is 5.91 Å². The van der Waals surface area contributed by atoms with Gasteiger partial charge in [0.15, 0.2) is 4.34 Å². The third-order valence-corrected chi connectivity index (χ3v) is 6.71. The van der Waals surface area contributed by atoms with Gasteiger partial charge in [-0.15, -0.1) is 10.2 Å². The van der Waals surface area contributed by atoms with Crippen LogP contribution in [-0.2, 0) is 11.2 Å². The van der Waals surface area contributed by atoms with Crippen LogP contribution in [-0.4, -0.2) is 27.8 Å². The van der Waals surface area contributed by atoms with E-state index in [2.05, 4.69) is 27.8 Å². The zero-order valence-electron chi connectivity index (χ0n) is 16.7. The van der Waals surface area contributed by atoms with Crippen molar-refractivity contribution in [1.82, 2.24) is 10.2 Å². The lowest BCUT2D eigenvalue weighted by Gasteiger charge is -2.06. The number of carbonyl (C=O) groups excluding carboxylic acids is 2. The van der Waals surface area contributed by atoms with Gasteiger partial charge in [0.25, 0.3) is 5.91 Å². The van der Waals surface area contributed by atoms with Crippen molar-refractivity contribution in [2.24, 2.45) is 0 Å². The van der Waals surface area contributed by atoms with Crippen LogP contribution in [0.15, 0.2) is 46.8 Å². The summed E-state index contributed by atoms with van der Waals surface area (Å²) in [5.41, 5.74) is 2.31. The molecule has 1 heterocycles. The molecule has 0 aliphatic rings. The number of nitrogens with zero attached hydrogens (tertiary/aromatic N) is 2. The number of aromatic nitrogens is 2. The lowest BCUT2D eigenvalue weighted by atomic mass is 10.1. The molecule has 6 nitrogen and oxygen atoms in total. The highest BCUT2D eigenvalue weighted by Gasteiger charge is 2.14. The van der Waals surface area contributed by atoms with E-state index in [0.717, 1.165) is 24.9 Å². The van der Waals surface area contributed by atoms with E-state index in [4.69, 9.17) is 23.2 Å². The molecule has 0 radical (unpaired) electrons. The molecule has 162 valence electrons. The van der Waals surface area contributed by atoms with Gasteiger partial charge in [0.05, 0.1) is 16.3 Å². The smallest absolute Gasteiger partial charge is 0.259 e. The van der Waals surface area contributed by atoms with E-state index in [1.165, 1.54) is 40.8 Å². The molecule has 0 aliphatic carbocycles. The standard InChI is InChI=1S/C21H20Cl2N4O2S2/c1-2-3-4-13-5-8-15(9-6-13)24-18(28)12-30-21-27-26-20(31-21)25-19(29)16-10-7-14(22)11-17(16)23/h5-11H,2-4,12H2,1H3,(H,24,28)(H,25,26,29). The zero-order valence-corrected chi connectivity index (χ0v) is 19.8. The maximum absolute atomic E-state index is 12.3. The summed E-state index contributed by atoms with van der Waals surface area (Å²) in [5.74, 6) is -0.363. The molecule has 0 aliphatic heterocycles. The summed E-state index contributed by atoms with van der Waals surface area (Å²) in [7, 11) is 0. The Hall–Kier alpha value is -2.13. The van der Waals surface area contributed by atoms with Crippen LogP contribution in [0.4, 0.5) is 10.8 Å². The molecule has 0 unspecified atom stereocenters. The number of rotatable bonds is 9. The molecule has 2 N–H and O–H groups in total. The fourth-order valence-corrected chi connectivity index (χ4v) is 4.66. The number of carbonyl (C=O) groups is 2. The Bertz CT molecular complexity index is 1060. The quantitative estimate of drug-likeness (QED) is 0.274. The molecule has 2 amide bonds. The fraction of sp³-hybridized carbons (Fsp3) is 0.238. The SMILES string of the molecule is CCCCc1ccc(NC(=O)CSc2nnc(NC(=O)c3ccc(Cl)cc3Cl)s2)cc1. The van der Waals surface area contributed by atoms with Crippen LogP contribution >= 0.6 is 46.3 Å². The first-order valence-electron chi connectivity index (χ1n) is 9.56. The van der Waals surface area contributed by atoms with Gasteiger partial charge in [0.2, 0.25) is 11.0 Å². The molecule has 0 saturated heterocycles. The maximum atomic E-state index is 12.3. The number of halogens is 2. The number of hydrogen-bond acceptors (Lipinski definition) is 6. The summed E-state index contributed by atoms with van der Waals surface area (Å²) < 4.78 is 0.572. The van der Waals surface area contributed by atoms with Gasteiger partial charge in [0.1, 0.15) is 0 Å². The highest BCUT2D eigenvalue weighted by Crippen LogP contribution is 2.27. The molecular formula is C21H20Cl2N4O2S2. The van der Waals surface area contributed by atoms with Gasteiger partial charge in [-0.1, -0.05) is 71.8 Å². The highest BCUT2D eigenvalue weighted by molar-refractivity contribution is 8.01. The largest absolute Gasteiger partial charge is 0.325 e. The molecular weight excluding hydrogens is 475 g/mol. The van der Waals surface area contributed by atoms with Crippen molar-refractivity contribution in [2.75, 3.05) is 16.4 Å². The Labute approximate surface area is 198 Å². The molecule has 1 aromatic heterocycles. The molecule has 10 heteroatoms. The topological polar surface area (TPSA) is 84.0 Å². The van der Waals surface area contributed by atoms with E-state index in [9.17, 15) is 9.59 Å². The second-order valence-corrected chi connectivity index (χ2v) is 9.63. The zero-order chi connectivity index (χ0) is 22.2. The van der Waals surface area contributed by atoms with E-state index in [1.807, 2.05) is 24.3 Å². The average Bonchev–Trinajstić information content (AvgIpc) is 3.19. The number of hydrogen-bond donors (Lipinski definition) is 2. The van der Waals surface area contributed by atoms with Crippen LogP contribution in [0.3, 0.4) is 0 Å². The first kappa shape index (κ1) is 23.5. The number of amides is 2. The van der Waals surface area contributed by atoms with Crippen LogP contribution in [0, 0.1) is 0 Å². The maximum Gasteiger partial charge on any atom is 0.259 e. The number of aryl methyl sites for hydroxylation is 1. The number of nitrogens with one attached hydrogen (secondary N) is 2. The van der Waals surface area contributed by atoms with Crippen LogP contribution in [0.1, 0.15) is 35.7 Å². The molecule has 0 atom stereocenters. The number of unbranched alkanes of at least 4 members (excludes halogenated alkanes) is 1. The molecule has 0 spiro atoms. The van der Waals surface area contributed by atoms with Gasteiger partial charge in [-0.05, 0) is 48.7 Å². The van der Waals surface area contributed by atoms with Crippen molar-refractivity contribution < 1.29 is 9.59 Å². The highest BCUT2D eigenvalue weighted by atomic mass is 35.5. The Morgan fingerprint density at radius 3 is 2.55 bits per heavy atom. The van der Waals surface area contributed by atoms with Crippen LogP contribution in [0.5, 0.6) is 0 Å². The second kappa shape index (κ2) is 11.5. The van der Waals surface area contributed by atoms with Crippen LogP contribution in [0.2, 0.25) is 10.0 Å². The number of thioether (sulfide) groups is 1. The van der Waals surface area contributed by atoms with E-state index in [0.29, 0.717) is 14.5 Å². The van der Waals surface area contributed by atoms with Crippen molar-refractivity contribution >= 4 is 68.9 Å². The monoisotopic (exact) mass is 494 g/mol. The van der Waals surface area contributed by atoms with Crippen molar-refractivity contribution in [1.29, 1.82) is 0 Å². The van der Waals surface area contributed by atoms with Gasteiger partial charge in [-0.2, -0.15) is 0 Å². The number of benzene rings is 2. The summed E-state index contributed by atoms with van der Waals surface area (Å²) in [6.07, 6.45) is 3.35. The van der Waals surface area contributed by atoms with E-state index in [-0.39, 0.29) is 22.2 Å². The first-order valence-corrected chi connectivity index (χ1v) is 12.1. The summed E-state index contributed by atoms with van der Waals surface area (Å²) in [6.45, 7) is 2.16. The summed E-state index contributed by atoms with van der Waals surface area (Å²) in [5, 5.41) is 14.5. The normalized spacial score (nSPS) is 10.7. The van der Waals surface area contributed by atoms with Crippen molar-refractivity contribution in [3.05, 3.63) is 63.6 Å². The summed E-state index contributed by atoms with van der Waals surface area (Å²) >= 11 is 14.3. The third-order valence-electron chi connectivity index (χ3n) is 4.19. The van der Waals surface area contributed by atoms with Gasteiger partial charge in [-0.3, -0.25) is 14.9 Å². The predicted molar refractivity (Wildman–Crippen MR) is 129 cm³/mol. The molecule has 0 saturated carbocycles. The predicted octanol–water partition coefficient (Wildman–Crippen LogP) is 6.17.